The number of likely N-dealkylation sites (N-methyl/N-ethyl adjacent to an activating group) is 1. The zero-order chi connectivity index (χ0) is 14.7. The molecule has 0 N–H and O–H groups in total. The lowest BCUT2D eigenvalue weighted by Crippen LogP contribution is -2.49. The van der Waals surface area contributed by atoms with E-state index in [4.69, 9.17) is 0 Å². The molecule has 5 heteroatoms. The minimum absolute atomic E-state index is 0.102. The largest absolute Gasteiger partial charge is 0.341 e. The Labute approximate surface area is 122 Å². The lowest BCUT2D eigenvalue weighted by Gasteiger charge is -2.27. The summed E-state index contributed by atoms with van der Waals surface area (Å²) in [5, 5.41) is 0. The van der Waals surface area contributed by atoms with Crippen molar-refractivity contribution in [3.8, 4) is 0 Å². The summed E-state index contributed by atoms with van der Waals surface area (Å²) < 4.78 is 0. The van der Waals surface area contributed by atoms with Gasteiger partial charge in [-0.2, -0.15) is 0 Å². The van der Waals surface area contributed by atoms with Gasteiger partial charge in [-0.25, -0.2) is 0 Å². The molecule has 1 saturated heterocycles. The van der Waals surface area contributed by atoms with E-state index < -0.39 is 6.04 Å². The Morgan fingerprint density at radius 2 is 1.62 bits per heavy atom. The van der Waals surface area contributed by atoms with Gasteiger partial charge in [-0.15, -0.1) is 0 Å². The van der Waals surface area contributed by atoms with E-state index in [-0.39, 0.29) is 17.7 Å². The summed E-state index contributed by atoms with van der Waals surface area (Å²) in [6.07, 6.45) is 2.53. The molecule has 2 fully saturated rings. The summed E-state index contributed by atoms with van der Waals surface area (Å²) in [7, 11) is 1.78. The summed E-state index contributed by atoms with van der Waals surface area (Å²) in [6.45, 7) is 0. The Morgan fingerprint density at radius 1 is 1.00 bits per heavy atom. The first-order valence-corrected chi connectivity index (χ1v) is 7.33. The molecule has 0 spiro atoms. The fourth-order valence-electron chi connectivity index (χ4n) is 3.64. The molecule has 3 aliphatic rings. The van der Waals surface area contributed by atoms with Gasteiger partial charge in [0, 0.05) is 13.1 Å². The van der Waals surface area contributed by atoms with Crippen molar-refractivity contribution < 1.29 is 14.4 Å². The van der Waals surface area contributed by atoms with E-state index in [2.05, 4.69) is 0 Å². The molecule has 1 aromatic rings. The van der Waals surface area contributed by atoms with Crippen molar-refractivity contribution in [2.75, 3.05) is 7.05 Å². The van der Waals surface area contributed by atoms with Crippen LogP contribution >= 0.6 is 0 Å². The van der Waals surface area contributed by atoms with Crippen LogP contribution in [0.15, 0.2) is 24.3 Å². The van der Waals surface area contributed by atoms with E-state index in [1.54, 1.807) is 36.2 Å². The normalized spacial score (nSPS) is 31.1. The number of likely N-dealkylation sites (tertiary alicyclic amines) is 1. The number of nitrogens with zero attached hydrogens (tertiary/aromatic N) is 2. The van der Waals surface area contributed by atoms with Crippen LogP contribution in [0.2, 0.25) is 0 Å². The number of benzene rings is 1. The summed E-state index contributed by atoms with van der Waals surface area (Å²) >= 11 is 0. The zero-order valence-corrected chi connectivity index (χ0v) is 11.8. The Morgan fingerprint density at radius 3 is 2.24 bits per heavy atom. The van der Waals surface area contributed by atoms with Crippen LogP contribution < -0.4 is 0 Å². The molecule has 108 valence electrons. The number of carbonyl (C=O) groups is 3. The van der Waals surface area contributed by atoms with Gasteiger partial charge in [0.1, 0.15) is 6.04 Å². The van der Waals surface area contributed by atoms with Crippen LogP contribution in [-0.2, 0) is 4.79 Å². The average molecular weight is 284 g/mol. The predicted octanol–water partition coefficient (Wildman–Crippen LogP) is 1.29. The van der Waals surface area contributed by atoms with Gasteiger partial charge in [0.05, 0.1) is 11.1 Å². The summed E-state index contributed by atoms with van der Waals surface area (Å²) in [4.78, 5) is 40.5. The van der Waals surface area contributed by atoms with Crippen LogP contribution in [0.1, 0.15) is 40.0 Å². The Balaban J connectivity index is 1.69. The lowest BCUT2D eigenvalue weighted by molar-refractivity contribution is -0.134. The number of hydrogen-bond donors (Lipinski definition) is 0. The highest BCUT2D eigenvalue weighted by Crippen LogP contribution is 2.43. The van der Waals surface area contributed by atoms with Gasteiger partial charge in [-0.1, -0.05) is 12.1 Å². The maximum atomic E-state index is 12.6. The van der Waals surface area contributed by atoms with Crippen LogP contribution in [0.4, 0.5) is 0 Å². The van der Waals surface area contributed by atoms with Gasteiger partial charge in [-0.3, -0.25) is 19.3 Å². The molecule has 3 amide bonds. The molecule has 2 aliphatic heterocycles. The van der Waals surface area contributed by atoms with Crippen LogP contribution in [-0.4, -0.2) is 46.7 Å². The van der Waals surface area contributed by atoms with Gasteiger partial charge < -0.3 is 4.90 Å². The van der Waals surface area contributed by atoms with Crippen LogP contribution in [0, 0.1) is 5.92 Å². The second kappa shape index (κ2) is 4.16. The van der Waals surface area contributed by atoms with Crippen molar-refractivity contribution in [3.63, 3.8) is 0 Å². The third-order valence-electron chi connectivity index (χ3n) is 4.96. The molecule has 5 nitrogen and oxygen atoms in total. The van der Waals surface area contributed by atoms with Crippen molar-refractivity contribution in [2.24, 2.45) is 5.92 Å². The highest BCUT2D eigenvalue weighted by atomic mass is 16.2. The fourth-order valence-corrected chi connectivity index (χ4v) is 3.64. The molecule has 4 rings (SSSR count). The predicted molar refractivity (Wildman–Crippen MR) is 74.6 cm³/mol. The van der Waals surface area contributed by atoms with E-state index in [1.165, 1.54) is 4.90 Å². The second-order valence-electron chi connectivity index (χ2n) is 6.13. The maximum absolute atomic E-state index is 12.6. The fraction of sp³-hybridized carbons (Fsp3) is 0.438. The van der Waals surface area contributed by atoms with Crippen molar-refractivity contribution in [1.29, 1.82) is 0 Å². The molecule has 0 bridgehead atoms. The van der Waals surface area contributed by atoms with Crippen molar-refractivity contribution in [2.45, 2.75) is 31.3 Å². The second-order valence-corrected chi connectivity index (χ2v) is 6.13. The number of hydrogen-bond acceptors (Lipinski definition) is 3. The van der Waals surface area contributed by atoms with Gasteiger partial charge in [0.2, 0.25) is 5.91 Å². The summed E-state index contributed by atoms with van der Waals surface area (Å²) in [5.74, 6) is -0.232. The number of carbonyl (C=O) groups excluding carboxylic acids is 3. The molecule has 21 heavy (non-hydrogen) atoms. The van der Waals surface area contributed by atoms with Gasteiger partial charge in [0.15, 0.2) is 0 Å². The number of rotatable bonds is 1. The molecule has 1 saturated carbocycles. The Hall–Kier alpha value is -2.17. The van der Waals surface area contributed by atoms with E-state index in [9.17, 15) is 14.4 Å². The van der Waals surface area contributed by atoms with E-state index in [0.717, 1.165) is 12.8 Å². The standard InChI is InChI=1S/C16H16N2O3/c1-17-13-8-9(13)6-7-12(16(17)21)18-14(19)10-4-2-3-5-11(10)15(18)20/h2-5,9,12-13H,6-8H2,1H3/t9?,12-,13?/m0/s1. The zero-order valence-electron chi connectivity index (χ0n) is 11.8. The summed E-state index contributed by atoms with van der Waals surface area (Å²) in [5.41, 5.74) is 0.819. The topological polar surface area (TPSA) is 57.7 Å². The van der Waals surface area contributed by atoms with Crippen LogP contribution in [0.25, 0.3) is 0 Å². The van der Waals surface area contributed by atoms with E-state index in [1.807, 2.05) is 0 Å². The van der Waals surface area contributed by atoms with Crippen LogP contribution in [0.3, 0.4) is 0 Å². The Kier molecular flexibility index (Phi) is 2.49. The van der Waals surface area contributed by atoms with Gasteiger partial charge in [-0.05, 0) is 37.3 Å². The van der Waals surface area contributed by atoms with Gasteiger partial charge in [0.25, 0.3) is 11.8 Å². The highest BCUT2D eigenvalue weighted by Gasteiger charge is 2.51. The molecule has 1 aliphatic carbocycles. The first-order chi connectivity index (χ1) is 10.1. The third kappa shape index (κ3) is 1.66. The molecular formula is C16H16N2O3. The maximum Gasteiger partial charge on any atom is 0.262 e. The molecule has 2 unspecified atom stereocenters. The van der Waals surface area contributed by atoms with E-state index in [0.29, 0.717) is 29.5 Å². The minimum Gasteiger partial charge on any atom is -0.341 e. The SMILES string of the molecule is CN1C(=O)[C@@H](N2C(=O)c3ccccc3C2=O)CCC2CC21. The Bertz CT molecular complexity index is 634. The minimum atomic E-state index is -0.643. The molecular weight excluding hydrogens is 268 g/mol. The first-order valence-electron chi connectivity index (χ1n) is 7.33. The smallest absolute Gasteiger partial charge is 0.262 e. The number of fused-ring (bicyclic) bond motifs is 2. The van der Waals surface area contributed by atoms with Crippen molar-refractivity contribution in [3.05, 3.63) is 35.4 Å². The van der Waals surface area contributed by atoms with E-state index >= 15 is 0 Å². The average Bonchev–Trinajstić information content (AvgIpc) is 3.24. The third-order valence-corrected chi connectivity index (χ3v) is 4.96. The number of amides is 3. The molecule has 3 atom stereocenters. The van der Waals surface area contributed by atoms with Crippen LogP contribution in [0.5, 0.6) is 0 Å². The quantitative estimate of drug-likeness (QED) is 0.730. The highest BCUT2D eigenvalue weighted by molar-refractivity contribution is 6.22. The lowest BCUT2D eigenvalue weighted by atomic mass is 10.1. The van der Waals surface area contributed by atoms with Crippen molar-refractivity contribution >= 4 is 17.7 Å². The molecule has 0 radical (unpaired) electrons. The van der Waals surface area contributed by atoms with Gasteiger partial charge >= 0.3 is 0 Å². The van der Waals surface area contributed by atoms with Crippen molar-refractivity contribution in [1.82, 2.24) is 9.80 Å². The molecule has 0 aromatic heterocycles. The monoisotopic (exact) mass is 284 g/mol. The first kappa shape index (κ1) is 12.6. The molecule has 2 heterocycles. The number of imide groups is 1. The summed E-state index contributed by atoms with van der Waals surface area (Å²) in [6, 6.07) is 6.44. The molecule has 1 aromatic carbocycles.